The fourth-order valence-corrected chi connectivity index (χ4v) is 2.56. The smallest absolute Gasteiger partial charge is 0.355 e. The number of hydrogen-bond acceptors (Lipinski definition) is 3. The Hall–Kier alpha value is -2.52. The van der Waals surface area contributed by atoms with E-state index in [0.29, 0.717) is 32.8 Å². The van der Waals surface area contributed by atoms with Gasteiger partial charge in [0.25, 0.3) is 0 Å². The van der Waals surface area contributed by atoms with Crippen LogP contribution in [0, 0.1) is 11.3 Å². The zero-order valence-corrected chi connectivity index (χ0v) is 12.2. The first-order valence-corrected chi connectivity index (χ1v) is 6.90. The van der Waals surface area contributed by atoms with E-state index in [-0.39, 0.29) is 6.42 Å². The van der Waals surface area contributed by atoms with Crippen LogP contribution in [-0.4, -0.2) is 5.16 Å². The number of aromatic nitrogens is 1. The molecule has 7 heteroatoms. The molecule has 0 atom stereocenters. The molecule has 0 amide bonds. The fourth-order valence-electron chi connectivity index (χ4n) is 2.32. The second kappa shape index (κ2) is 5.60. The van der Waals surface area contributed by atoms with E-state index in [4.69, 9.17) is 21.4 Å². The lowest BCUT2D eigenvalue weighted by Gasteiger charge is -2.06. The van der Waals surface area contributed by atoms with E-state index in [9.17, 15) is 13.2 Å². The molecular formula is C16H8ClF3N2O. The molecule has 0 aliphatic heterocycles. The highest BCUT2D eigenvalue weighted by molar-refractivity contribution is 6.31. The Morgan fingerprint density at radius 2 is 1.87 bits per heavy atom. The summed E-state index contributed by atoms with van der Waals surface area (Å²) in [7, 11) is 0. The Morgan fingerprint density at radius 3 is 2.48 bits per heavy atom. The Balaban J connectivity index is 2.12. The Kier molecular flexibility index (Phi) is 3.74. The van der Waals surface area contributed by atoms with Gasteiger partial charge >= 0.3 is 6.18 Å². The van der Waals surface area contributed by atoms with Crippen molar-refractivity contribution in [3.05, 3.63) is 52.5 Å². The molecule has 0 aliphatic carbocycles. The van der Waals surface area contributed by atoms with Gasteiger partial charge in [-0.25, -0.2) is 0 Å². The third-order valence-electron chi connectivity index (χ3n) is 3.37. The molecule has 0 bridgehead atoms. The van der Waals surface area contributed by atoms with Crippen LogP contribution in [-0.2, 0) is 12.6 Å². The number of benzene rings is 2. The number of hydrogen-bond donors (Lipinski definition) is 0. The average molecular weight is 337 g/mol. The van der Waals surface area contributed by atoms with Crippen LogP contribution in [0.15, 0.2) is 40.9 Å². The molecule has 0 saturated carbocycles. The van der Waals surface area contributed by atoms with Crippen LogP contribution in [0.3, 0.4) is 0 Å². The summed E-state index contributed by atoms with van der Waals surface area (Å²) in [5.41, 5.74) is 0.793. The molecule has 1 aromatic heterocycles. The lowest BCUT2D eigenvalue weighted by Crippen LogP contribution is -2.03. The number of fused-ring (bicyclic) bond motifs is 1. The molecule has 0 aliphatic rings. The minimum atomic E-state index is -4.40. The summed E-state index contributed by atoms with van der Waals surface area (Å²) >= 11 is 6.03. The normalized spacial score (nSPS) is 11.6. The van der Waals surface area contributed by atoms with Gasteiger partial charge in [0.2, 0.25) is 0 Å². The quantitative estimate of drug-likeness (QED) is 0.643. The van der Waals surface area contributed by atoms with E-state index in [1.165, 1.54) is 12.1 Å². The molecule has 23 heavy (non-hydrogen) atoms. The summed E-state index contributed by atoms with van der Waals surface area (Å²) in [6.07, 6.45) is -4.29. The van der Waals surface area contributed by atoms with Gasteiger partial charge in [0, 0.05) is 10.6 Å². The molecule has 1 heterocycles. The molecular weight excluding hydrogens is 329 g/mol. The van der Waals surface area contributed by atoms with Crippen LogP contribution in [0.25, 0.3) is 22.2 Å². The van der Waals surface area contributed by atoms with Crippen molar-refractivity contribution < 1.29 is 17.7 Å². The molecule has 0 radical (unpaired) electrons. The number of halogens is 4. The van der Waals surface area contributed by atoms with E-state index in [0.717, 1.165) is 12.1 Å². The van der Waals surface area contributed by atoms with Crippen LogP contribution >= 0.6 is 11.6 Å². The first kappa shape index (κ1) is 15.4. The maximum Gasteiger partial charge on any atom is 0.416 e. The van der Waals surface area contributed by atoms with E-state index in [1.54, 1.807) is 12.1 Å². The standard InChI is InChI=1S/C16H8ClF3N2O/c17-12-7-10(5-6-21)14-13(8-12)15(23-22-14)9-1-3-11(4-2-9)16(18,19)20/h1-4,7-8H,5H2. The predicted octanol–water partition coefficient (Wildman–Crippen LogP) is 5.23. The van der Waals surface area contributed by atoms with E-state index >= 15 is 0 Å². The molecule has 116 valence electrons. The highest BCUT2D eigenvalue weighted by Crippen LogP contribution is 2.35. The second-order valence-electron chi connectivity index (χ2n) is 4.88. The van der Waals surface area contributed by atoms with Gasteiger partial charge in [-0.05, 0) is 29.8 Å². The van der Waals surface area contributed by atoms with Crippen molar-refractivity contribution in [1.82, 2.24) is 5.16 Å². The summed E-state index contributed by atoms with van der Waals surface area (Å²) in [4.78, 5) is 0. The van der Waals surface area contributed by atoms with Crippen LogP contribution in [0.2, 0.25) is 5.02 Å². The SMILES string of the molecule is N#CCc1cc(Cl)cc2c(-c3ccc(C(F)(F)F)cc3)onc12. The van der Waals surface area contributed by atoms with Crippen molar-refractivity contribution in [2.45, 2.75) is 12.6 Å². The molecule has 0 saturated heterocycles. The maximum absolute atomic E-state index is 12.6. The predicted molar refractivity (Wildman–Crippen MR) is 78.8 cm³/mol. The zero-order valence-electron chi connectivity index (χ0n) is 11.5. The van der Waals surface area contributed by atoms with E-state index in [1.807, 2.05) is 6.07 Å². The van der Waals surface area contributed by atoms with Gasteiger partial charge in [-0.2, -0.15) is 18.4 Å². The Bertz CT molecular complexity index is 908. The lowest BCUT2D eigenvalue weighted by molar-refractivity contribution is -0.137. The Morgan fingerprint density at radius 1 is 1.17 bits per heavy atom. The average Bonchev–Trinajstić information content (AvgIpc) is 2.90. The van der Waals surface area contributed by atoms with Gasteiger partial charge in [-0.1, -0.05) is 28.9 Å². The number of nitriles is 1. The molecule has 2 aromatic carbocycles. The van der Waals surface area contributed by atoms with Crippen LogP contribution < -0.4 is 0 Å². The number of alkyl halides is 3. The van der Waals surface area contributed by atoms with Gasteiger partial charge in [-0.3, -0.25) is 0 Å². The van der Waals surface area contributed by atoms with Gasteiger partial charge < -0.3 is 4.52 Å². The zero-order chi connectivity index (χ0) is 16.6. The third kappa shape index (κ3) is 2.88. The van der Waals surface area contributed by atoms with Gasteiger partial charge in [-0.15, -0.1) is 0 Å². The summed E-state index contributed by atoms with van der Waals surface area (Å²) in [5, 5.41) is 13.7. The molecule has 3 aromatic rings. The first-order chi connectivity index (χ1) is 10.9. The molecule has 0 fully saturated rings. The monoisotopic (exact) mass is 336 g/mol. The number of nitrogens with zero attached hydrogens (tertiary/aromatic N) is 2. The van der Waals surface area contributed by atoms with Crippen molar-refractivity contribution in [3.8, 4) is 17.4 Å². The molecule has 0 spiro atoms. The first-order valence-electron chi connectivity index (χ1n) is 6.52. The fraction of sp³-hybridized carbons (Fsp3) is 0.125. The topological polar surface area (TPSA) is 49.8 Å². The van der Waals surface area contributed by atoms with E-state index < -0.39 is 11.7 Å². The molecule has 3 rings (SSSR count). The summed E-state index contributed by atoms with van der Waals surface area (Å²) < 4.78 is 43.1. The summed E-state index contributed by atoms with van der Waals surface area (Å²) in [5.74, 6) is 0.315. The highest BCUT2D eigenvalue weighted by atomic mass is 35.5. The summed E-state index contributed by atoms with van der Waals surface area (Å²) in [6.45, 7) is 0. The van der Waals surface area contributed by atoms with Gasteiger partial charge in [0.1, 0.15) is 5.52 Å². The van der Waals surface area contributed by atoms with Gasteiger partial charge in [0.05, 0.1) is 23.4 Å². The van der Waals surface area contributed by atoms with Crippen LogP contribution in [0.1, 0.15) is 11.1 Å². The maximum atomic E-state index is 12.6. The largest absolute Gasteiger partial charge is 0.416 e. The molecule has 0 unspecified atom stereocenters. The lowest BCUT2D eigenvalue weighted by atomic mass is 10.0. The van der Waals surface area contributed by atoms with Crippen molar-refractivity contribution in [1.29, 1.82) is 5.26 Å². The van der Waals surface area contributed by atoms with Crippen LogP contribution in [0.4, 0.5) is 13.2 Å². The van der Waals surface area contributed by atoms with Crippen molar-refractivity contribution >= 4 is 22.5 Å². The molecule has 3 nitrogen and oxygen atoms in total. The highest BCUT2D eigenvalue weighted by Gasteiger charge is 2.30. The van der Waals surface area contributed by atoms with Gasteiger partial charge in [0.15, 0.2) is 5.76 Å². The Labute approximate surface area is 133 Å². The summed E-state index contributed by atoms with van der Waals surface area (Å²) in [6, 6.07) is 9.82. The van der Waals surface area contributed by atoms with Crippen molar-refractivity contribution in [2.75, 3.05) is 0 Å². The van der Waals surface area contributed by atoms with Crippen LogP contribution in [0.5, 0.6) is 0 Å². The number of rotatable bonds is 2. The minimum Gasteiger partial charge on any atom is -0.355 e. The second-order valence-corrected chi connectivity index (χ2v) is 5.32. The van der Waals surface area contributed by atoms with Crippen molar-refractivity contribution in [3.63, 3.8) is 0 Å². The third-order valence-corrected chi connectivity index (χ3v) is 3.59. The minimum absolute atomic E-state index is 0.107. The molecule has 0 N–H and O–H groups in total. The van der Waals surface area contributed by atoms with E-state index in [2.05, 4.69) is 5.16 Å². The van der Waals surface area contributed by atoms with Crippen molar-refractivity contribution in [2.24, 2.45) is 0 Å².